The first-order chi connectivity index (χ1) is 0. The van der Waals surface area contributed by atoms with Crippen LogP contribution >= 0.6 is 0 Å². The second-order valence-electron chi connectivity index (χ2n) is 0. The second-order valence-corrected chi connectivity index (χ2v) is 0. The summed E-state index contributed by atoms with van der Waals surface area (Å²) in [6, 6.07) is 0. The zero-order valence-corrected chi connectivity index (χ0v) is 17.8. The number of hydrogen-bond acceptors (Lipinski definition) is 0. The van der Waals surface area contributed by atoms with Crippen molar-refractivity contribution in [2.24, 2.45) is 0 Å². The van der Waals surface area contributed by atoms with Crippen LogP contribution in [0.1, 0.15) is 0 Å². The van der Waals surface area contributed by atoms with Crippen LogP contribution in [-0.4, -0.2) is 0 Å². The molecule has 0 aromatic carbocycles. The molecule has 0 aliphatic carbocycles. The Morgan fingerprint density at radius 1 is 0.333 bits per heavy atom. The third kappa shape index (κ3) is 97.4. The van der Waals surface area contributed by atoms with Crippen LogP contribution in [0, 0.1) is 74.2 Å². The predicted octanol–water partition coefficient (Wildman–Crippen LogP) is -27.0. The molecule has 0 aromatic heterocycles. The largest absolute Gasteiger partial charge is 3.00 e. The molecule has 0 aliphatic rings. The average molecular weight is 744 g/mol. The first-order valence-corrected chi connectivity index (χ1v) is 0. The standard InChI is InChI=1S/9ClH.Er.Tm.Y/h9*1H;;;/q;;;;;;;;;3*+3/p-9. The molecular weight excluding hydrogens is 744 g/mol. The third-order valence-corrected chi connectivity index (χ3v) is 0. The van der Waals surface area contributed by atoms with Crippen molar-refractivity contribution in [1.82, 2.24) is 0 Å². The summed E-state index contributed by atoms with van der Waals surface area (Å²) in [5.74, 6) is 0. The summed E-state index contributed by atoms with van der Waals surface area (Å²) in [4.78, 5) is 0. The second kappa shape index (κ2) is 118. The van der Waals surface area contributed by atoms with Gasteiger partial charge in [0.25, 0.3) is 0 Å². The van der Waals surface area contributed by atoms with Crippen molar-refractivity contribution >= 4 is 0 Å². The van der Waals surface area contributed by atoms with E-state index >= 15 is 0 Å². The van der Waals surface area contributed by atoms with Crippen LogP contribution in [-0.2, 0) is 32.7 Å². The van der Waals surface area contributed by atoms with E-state index in [0.29, 0.717) is 0 Å². The van der Waals surface area contributed by atoms with Crippen molar-refractivity contribution in [3.8, 4) is 0 Å². The van der Waals surface area contributed by atoms with E-state index in [9.17, 15) is 0 Å². The van der Waals surface area contributed by atoms with E-state index in [-0.39, 0.29) is 219 Å². The van der Waals surface area contributed by atoms with Gasteiger partial charge in [0.2, 0.25) is 0 Å². The van der Waals surface area contributed by atoms with E-state index in [1.807, 2.05) is 0 Å². The fourth-order valence-electron chi connectivity index (χ4n) is 0. The third-order valence-electron chi connectivity index (χ3n) is 0. The van der Waals surface area contributed by atoms with Crippen molar-refractivity contribution in [1.29, 1.82) is 0 Å². The molecule has 0 aliphatic heterocycles. The molecule has 0 saturated heterocycles. The number of rotatable bonds is 0. The number of halogens is 9. The van der Waals surface area contributed by atoms with Crippen LogP contribution in [0.15, 0.2) is 0 Å². The summed E-state index contributed by atoms with van der Waals surface area (Å²) in [6.45, 7) is 0. The minimum atomic E-state index is 0. The molecule has 0 fully saturated rings. The van der Waals surface area contributed by atoms with E-state index in [1.54, 1.807) is 0 Å². The van der Waals surface area contributed by atoms with Crippen molar-refractivity contribution in [3.63, 3.8) is 0 Å². The van der Waals surface area contributed by atoms with Crippen LogP contribution in [0.5, 0.6) is 0 Å². The maximum absolute atomic E-state index is 0. The molecule has 0 unspecified atom stereocenters. The molecule has 91 valence electrons. The van der Waals surface area contributed by atoms with Gasteiger partial charge in [0, 0.05) is 0 Å². The Hall–Kier alpha value is 6.19. The minimum absolute atomic E-state index is 0. The van der Waals surface area contributed by atoms with Crippen molar-refractivity contribution < 1.29 is 219 Å². The van der Waals surface area contributed by atoms with E-state index < -0.39 is 0 Å². The van der Waals surface area contributed by atoms with E-state index in [0.717, 1.165) is 0 Å². The van der Waals surface area contributed by atoms with Crippen molar-refractivity contribution in [2.45, 2.75) is 0 Å². The normalized spacial score (nSPS) is 0. The maximum Gasteiger partial charge on any atom is 3.00 e. The quantitative estimate of drug-likeness (QED) is 0.232. The van der Waals surface area contributed by atoms with Gasteiger partial charge in [-0.2, -0.15) is 0 Å². The zero-order valence-electron chi connectivity index (χ0n) is 4.55. The van der Waals surface area contributed by atoms with Crippen LogP contribution in [0.3, 0.4) is 0 Å². The Kier molecular flexibility index (Phi) is 1370. The molecule has 12 heavy (non-hydrogen) atoms. The fourth-order valence-corrected chi connectivity index (χ4v) is 0. The van der Waals surface area contributed by atoms with Crippen LogP contribution < -0.4 is 112 Å². The molecule has 0 nitrogen and oxygen atoms in total. The summed E-state index contributed by atoms with van der Waals surface area (Å²) in [7, 11) is 0. The van der Waals surface area contributed by atoms with Crippen LogP contribution in [0.2, 0.25) is 0 Å². The summed E-state index contributed by atoms with van der Waals surface area (Å²) < 4.78 is 0. The van der Waals surface area contributed by atoms with Crippen LogP contribution in [0.25, 0.3) is 0 Å². The molecule has 0 amide bonds. The molecule has 0 atom stereocenters. The topological polar surface area (TPSA) is 0 Å². The van der Waals surface area contributed by atoms with Gasteiger partial charge < -0.3 is 112 Å². The predicted molar refractivity (Wildman–Crippen MR) is 0 cm³/mol. The Labute approximate surface area is 213 Å². The van der Waals surface area contributed by atoms with Gasteiger partial charge in [-0.3, -0.25) is 0 Å². The Morgan fingerprint density at radius 2 is 0.333 bits per heavy atom. The molecule has 0 spiro atoms. The molecule has 0 bridgehead atoms. The van der Waals surface area contributed by atoms with E-state index in [4.69, 9.17) is 0 Å². The van der Waals surface area contributed by atoms with Gasteiger partial charge in [-0.25, -0.2) is 0 Å². The van der Waals surface area contributed by atoms with Crippen LogP contribution in [0.4, 0.5) is 0 Å². The molecule has 0 heterocycles. The molecule has 0 aromatic rings. The summed E-state index contributed by atoms with van der Waals surface area (Å²) in [6.07, 6.45) is 0. The average Bonchev–Trinajstić information content (AvgIpc) is 0. The molecular formula is Cl9ErTmY. The van der Waals surface area contributed by atoms with Gasteiger partial charge in [-0.15, -0.1) is 0 Å². The zero-order chi connectivity index (χ0) is 0. The summed E-state index contributed by atoms with van der Waals surface area (Å²) >= 11 is 0. The van der Waals surface area contributed by atoms with E-state index in [2.05, 4.69) is 0 Å². The van der Waals surface area contributed by atoms with Gasteiger partial charge >= 0.3 is 107 Å². The molecule has 0 rings (SSSR count). The van der Waals surface area contributed by atoms with E-state index in [1.165, 1.54) is 0 Å². The minimum Gasteiger partial charge on any atom is -1.00 e. The summed E-state index contributed by atoms with van der Waals surface area (Å²) in [5.41, 5.74) is 0. The first kappa shape index (κ1) is 140. The smallest absolute Gasteiger partial charge is 1.00 e. The Morgan fingerprint density at radius 3 is 0.333 bits per heavy atom. The van der Waals surface area contributed by atoms with Gasteiger partial charge in [-0.05, 0) is 0 Å². The molecule has 0 saturated carbocycles. The number of hydrogen-bond donors (Lipinski definition) is 0. The summed E-state index contributed by atoms with van der Waals surface area (Å²) in [5, 5.41) is 0. The monoisotopic (exact) mass is 738 g/mol. The Bertz CT molecular complexity index is 14.5. The van der Waals surface area contributed by atoms with Crippen molar-refractivity contribution in [2.75, 3.05) is 0 Å². The van der Waals surface area contributed by atoms with Gasteiger partial charge in [0.1, 0.15) is 0 Å². The fraction of sp³-hybridized carbons (Fsp3) is 0. The molecule has 0 N–H and O–H groups in total. The first-order valence-electron chi connectivity index (χ1n) is 0. The Balaban J connectivity index is 0. The SMILES string of the molecule is [Cl-].[Cl-].[Cl-].[Cl-].[Cl-].[Cl-].[Cl-].[Cl-].[Cl-].[Er+3].[Tm+3].[Y+3]. The maximum atomic E-state index is 0. The van der Waals surface area contributed by atoms with Gasteiger partial charge in [-0.1, -0.05) is 0 Å². The molecule has 12 heteroatoms. The molecule has 1 radical (unpaired) electrons. The van der Waals surface area contributed by atoms with Gasteiger partial charge in [0.05, 0.1) is 0 Å². The van der Waals surface area contributed by atoms with Crippen molar-refractivity contribution in [3.05, 3.63) is 0 Å². The van der Waals surface area contributed by atoms with Gasteiger partial charge in [0.15, 0.2) is 0 Å².